The molecule has 4 heteroatoms. The Morgan fingerprint density at radius 3 is 2.41 bits per heavy atom. The van der Waals surface area contributed by atoms with Crippen LogP contribution in [-0.4, -0.2) is 24.5 Å². The van der Waals surface area contributed by atoms with Crippen LogP contribution in [0.3, 0.4) is 0 Å². The van der Waals surface area contributed by atoms with Crippen LogP contribution in [0.4, 0.5) is 0 Å². The molecule has 2 aromatic carbocycles. The summed E-state index contributed by atoms with van der Waals surface area (Å²) >= 11 is 0. The molecular weight excluding hydrogens is 336 g/mol. The first-order chi connectivity index (χ1) is 13.3. The molecule has 0 bridgehead atoms. The molecule has 3 aromatic rings. The molecule has 1 atom stereocenters. The third-order valence-electron chi connectivity index (χ3n) is 4.53. The molecule has 1 amide bonds. The van der Waals surface area contributed by atoms with E-state index in [1.54, 1.807) is 13.3 Å². The van der Waals surface area contributed by atoms with E-state index in [-0.39, 0.29) is 11.8 Å². The number of nitrogens with zero attached hydrogens (tertiary/aromatic N) is 1. The van der Waals surface area contributed by atoms with Gasteiger partial charge in [0.15, 0.2) is 0 Å². The fraction of sp³-hybridized carbons (Fsp3) is 0.217. The van der Waals surface area contributed by atoms with Crippen LogP contribution in [0.5, 0.6) is 5.75 Å². The van der Waals surface area contributed by atoms with Crippen LogP contribution < -0.4 is 10.1 Å². The first kappa shape index (κ1) is 18.6. The molecule has 0 saturated heterocycles. The Labute approximate surface area is 160 Å². The molecule has 0 fully saturated rings. The van der Waals surface area contributed by atoms with E-state index in [2.05, 4.69) is 10.3 Å². The normalized spacial score (nSPS) is 11.6. The molecule has 3 rings (SSSR count). The Bertz CT molecular complexity index is 833. The third kappa shape index (κ3) is 5.42. The standard InChI is InChI=1S/C23H24N2O2/c1-27-21-12-10-18(11-13-21)14-16-25-23(26)22(19-7-3-2-4-8-19)17-20-9-5-6-15-24-20/h2-13,15,22H,14,16-17H2,1H3,(H,25,26). The number of carbonyl (C=O) groups excluding carboxylic acids is 1. The molecule has 0 radical (unpaired) electrons. The number of methoxy groups -OCH3 is 1. The lowest BCUT2D eigenvalue weighted by Gasteiger charge is -2.17. The average Bonchev–Trinajstić information content (AvgIpc) is 2.74. The Kier molecular flexibility index (Phi) is 6.58. The number of carbonyl (C=O) groups is 1. The van der Waals surface area contributed by atoms with Crippen molar-refractivity contribution in [3.8, 4) is 5.75 Å². The molecule has 0 aliphatic heterocycles. The van der Waals surface area contributed by atoms with Crippen LogP contribution in [0.2, 0.25) is 0 Å². The second-order valence-electron chi connectivity index (χ2n) is 6.38. The predicted octanol–water partition coefficient (Wildman–Crippen LogP) is 3.78. The minimum Gasteiger partial charge on any atom is -0.497 e. The Morgan fingerprint density at radius 1 is 1.00 bits per heavy atom. The molecule has 0 spiro atoms. The van der Waals surface area contributed by atoms with E-state index in [4.69, 9.17) is 4.74 Å². The van der Waals surface area contributed by atoms with Gasteiger partial charge in [-0.1, -0.05) is 48.5 Å². The van der Waals surface area contributed by atoms with Gasteiger partial charge in [-0.05, 0) is 41.8 Å². The van der Waals surface area contributed by atoms with E-state index in [1.807, 2.05) is 72.8 Å². The summed E-state index contributed by atoms with van der Waals surface area (Å²) in [6.07, 6.45) is 3.12. The van der Waals surface area contributed by atoms with Crippen LogP contribution >= 0.6 is 0 Å². The third-order valence-corrected chi connectivity index (χ3v) is 4.53. The van der Waals surface area contributed by atoms with Gasteiger partial charge in [-0.3, -0.25) is 9.78 Å². The van der Waals surface area contributed by atoms with Crippen molar-refractivity contribution in [3.05, 3.63) is 95.8 Å². The molecule has 1 unspecified atom stereocenters. The minimum atomic E-state index is -0.253. The molecule has 1 aromatic heterocycles. The number of benzene rings is 2. The summed E-state index contributed by atoms with van der Waals surface area (Å²) in [4.78, 5) is 17.3. The summed E-state index contributed by atoms with van der Waals surface area (Å²) < 4.78 is 5.17. The van der Waals surface area contributed by atoms with Crippen molar-refractivity contribution in [1.29, 1.82) is 0 Å². The molecular formula is C23H24N2O2. The van der Waals surface area contributed by atoms with E-state index in [1.165, 1.54) is 0 Å². The highest BCUT2D eigenvalue weighted by Crippen LogP contribution is 2.20. The van der Waals surface area contributed by atoms with Crippen molar-refractivity contribution < 1.29 is 9.53 Å². The van der Waals surface area contributed by atoms with Gasteiger partial charge in [-0.15, -0.1) is 0 Å². The van der Waals surface area contributed by atoms with Crippen molar-refractivity contribution in [2.45, 2.75) is 18.8 Å². The van der Waals surface area contributed by atoms with Crippen LogP contribution in [0.25, 0.3) is 0 Å². The van der Waals surface area contributed by atoms with Crippen LogP contribution in [-0.2, 0) is 17.6 Å². The molecule has 0 aliphatic carbocycles. The largest absolute Gasteiger partial charge is 0.497 e. The van der Waals surface area contributed by atoms with E-state index >= 15 is 0 Å². The average molecular weight is 360 g/mol. The Balaban J connectivity index is 1.63. The molecule has 4 nitrogen and oxygen atoms in total. The number of nitrogens with one attached hydrogen (secondary N) is 1. The van der Waals surface area contributed by atoms with Gasteiger partial charge in [0.1, 0.15) is 5.75 Å². The summed E-state index contributed by atoms with van der Waals surface area (Å²) in [5.41, 5.74) is 3.08. The van der Waals surface area contributed by atoms with Crippen molar-refractivity contribution in [1.82, 2.24) is 10.3 Å². The first-order valence-corrected chi connectivity index (χ1v) is 9.12. The summed E-state index contributed by atoms with van der Waals surface area (Å²) in [6.45, 7) is 0.594. The van der Waals surface area contributed by atoms with Gasteiger partial charge in [-0.25, -0.2) is 0 Å². The van der Waals surface area contributed by atoms with Gasteiger partial charge < -0.3 is 10.1 Å². The van der Waals surface area contributed by atoms with Gasteiger partial charge in [-0.2, -0.15) is 0 Å². The SMILES string of the molecule is COc1ccc(CCNC(=O)C(Cc2ccccn2)c2ccccc2)cc1. The van der Waals surface area contributed by atoms with Gasteiger partial charge in [0.2, 0.25) is 5.91 Å². The Hall–Kier alpha value is -3.14. The van der Waals surface area contributed by atoms with E-state index < -0.39 is 0 Å². The van der Waals surface area contributed by atoms with E-state index in [9.17, 15) is 4.79 Å². The summed E-state index contributed by atoms with van der Waals surface area (Å²) in [5.74, 6) is 0.611. The lowest BCUT2D eigenvalue weighted by atomic mass is 9.93. The summed E-state index contributed by atoms with van der Waals surface area (Å²) in [5, 5.41) is 3.08. The highest BCUT2D eigenvalue weighted by atomic mass is 16.5. The quantitative estimate of drug-likeness (QED) is 0.665. The molecule has 1 heterocycles. The maximum atomic E-state index is 12.9. The predicted molar refractivity (Wildman–Crippen MR) is 107 cm³/mol. The molecule has 0 aliphatic rings. The first-order valence-electron chi connectivity index (χ1n) is 9.12. The van der Waals surface area contributed by atoms with Gasteiger partial charge >= 0.3 is 0 Å². The Morgan fingerprint density at radius 2 is 1.74 bits per heavy atom. The number of ether oxygens (including phenoxy) is 1. The van der Waals surface area contributed by atoms with E-state index in [0.717, 1.165) is 29.0 Å². The zero-order chi connectivity index (χ0) is 18.9. The van der Waals surface area contributed by atoms with Crippen LogP contribution in [0.15, 0.2) is 79.0 Å². The minimum absolute atomic E-state index is 0.0281. The van der Waals surface area contributed by atoms with Crippen molar-refractivity contribution in [3.63, 3.8) is 0 Å². The highest BCUT2D eigenvalue weighted by molar-refractivity contribution is 5.83. The van der Waals surface area contributed by atoms with Crippen molar-refractivity contribution in [2.75, 3.05) is 13.7 Å². The summed E-state index contributed by atoms with van der Waals surface area (Å²) in [6, 6.07) is 23.6. The topological polar surface area (TPSA) is 51.2 Å². The van der Waals surface area contributed by atoms with Crippen LogP contribution in [0.1, 0.15) is 22.7 Å². The highest BCUT2D eigenvalue weighted by Gasteiger charge is 2.21. The lowest BCUT2D eigenvalue weighted by molar-refractivity contribution is -0.122. The molecule has 27 heavy (non-hydrogen) atoms. The maximum absolute atomic E-state index is 12.9. The number of amides is 1. The van der Waals surface area contributed by atoms with Gasteiger partial charge in [0.05, 0.1) is 13.0 Å². The molecule has 0 saturated carbocycles. The zero-order valence-corrected chi connectivity index (χ0v) is 15.5. The maximum Gasteiger partial charge on any atom is 0.227 e. The summed E-state index contributed by atoms with van der Waals surface area (Å²) in [7, 11) is 1.65. The van der Waals surface area contributed by atoms with Crippen molar-refractivity contribution >= 4 is 5.91 Å². The second-order valence-corrected chi connectivity index (χ2v) is 6.38. The van der Waals surface area contributed by atoms with E-state index in [0.29, 0.717) is 13.0 Å². The number of hydrogen-bond donors (Lipinski definition) is 1. The smallest absolute Gasteiger partial charge is 0.227 e. The number of rotatable bonds is 8. The second kappa shape index (κ2) is 9.53. The molecule has 138 valence electrons. The molecule has 1 N–H and O–H groups in total. The van der Waals surface area contributed by atoms with Gasteiger partial charge in [0, 0.05) is 24.9 Å². The van der Waals surface area contributed by atoms with Crippen molar-refractivity contribution in [2.24, 2.45) is 0 Å². The fourth-order valence-corrected chi connectivity index (χ4v) is 3.02. The monoisotopic (exact) mass is 360 g/mol. The fourth-order valence-electron chi connectivity index (χ4n) is 3.02. The number of hydrogen-bond acceptors (Lipinski definition) is 3. The zero-order valence-electron chi connectivity index (χ0n) is 15.5. The number of pyridine rings is 1. The lowest BCUT2D eigenvalue weighted by Crippen LogP contribution is -2.32. The van der Waals surface area contributed by atoms with Crippen LogP contribution in [0, 0.1) is 0 Å². The number of aromatic nitrogens is 1. The van der Waals surface area contributed by atoms with Gasteiger partial charge in [0.25, 0.3) is 0 Å².